The predicted octanol–water partition coefficient (Wildman–Crippen LogP) is 1.02. The molecule has 23 heavy (non-hydrogen) atoms. The van der Waals surface area contributed by atoms with Crippen molar-refractivity contribution in [1.29, 1.82) is 0 Å². The van der Waals surface area contributed by atoms with E-state index in [1.807, 2.05) is 18.2 Å². The van der Waals surface area contributed by atoms with E-state index in [1.54, 1.807) is 12.1 Å². The Morgan fingerprint density at radius 2 is 2.13 bits per heavy atom. The summed E-state index contributed by atoms with van der Waals surface area (Å²) >= 11 is 0. The van der Waals surface area contributed by atoms with E-state index in [-0.39, 0.29) is 18.1 Å². The molecule has 1 aromatic rings. The molecule has 1 aromatic carbocycles. The third-order valence-electron chi connectivity index (χ3n) is 3.62. The lowest BCUT2D eigenvalue weighted by Gasteiger charge is -2.18. The van der Waals surface area contributed by atoms with Gasteiger partial charge in [0.1, 0.15) is 12.1 Å². The summed E-state index contributed by atoms with van der Waals surface area (Å²) in [7, 11) is 0.0360. The third kappa shape index (κ3) is 5.14. The van der Waals surface area contributed by atoms with Crippen LogP contribution in [0.5, 0.6) is 0 Å². The lowest BCUT2D eigenvalue weighted by molar-refractivity contribution is -0.146. The summed E-state index contributed by atoms with van der Waals surface area (Å²) in [5.74, 6) is -0.597. The van der Waals surface area contributed by atoms with Crippen LogP contribution in [0.25, 0.3) is 0 Å². The molecule has 1 saturated heterocycles. The van der Waals surface area contributed by atoms with Gasteiger partial charge in [-0.05, 0) is 31.4 Å². The Hall–Kier alpha value is -1.73. The van der Waals surface area contributed by atoms with Crippen molar-refractivity contribution in [2.75, 3.05) is 19.5 Å². The predicted molar refractivity (Wildman–Crippen MR) is 85.3 cm³/mol. The minimum absolute atomic E-state index is 0.243. The number of amides is 1. The van der Waals surface area contributed by atoms with Crippen LogP contribution in [-0.4, -0.2) is 47.7 Å². The molecule has 0 unspecified atom stereocenters. The first kappa shape index (κ1) is 17.6. The molecular formula is C16H21NO5S. The Morgan fingerprint density at radius 1 is 1.39 bits per heavy atom. The molecule has 6 nitrogen and oxygen atoms in total. The van der Waals surface area contributed by atoms with E-state index >= 15 is 0 Å². The molecule has 1 heterocycles. The second kappa shape index (κ2) is 8.79. The van der Waals surface area contributed by atoms with Gasteiger partial charge in [0.05, 0.1) is 17.9 Å². The summed E-state index contributed by atoms with van der Waals surface area (Å²) in [5.41, 5.74) is 0. The molecule has 1 fully saturated rings. The zero-order valence-corrected chi connectivity index (χ0v) is 13.8. The van der Waals surface area contributed by atoms with Crippen molar-refractivity contribution >= 4 is 22.7 Å². The van der Waals surface area contributed by atoms with Gasteiger partial charge < -0.3 is 14.8 Å². The van der Waals surface area contributed by atoms with Crippen LogP contribution in [0, 0.1) is 0 Å². The van der Waals surface area contributed by atoms with Gasteiger partial charge in [0, 0.05) is 17.3 Å². The largest absolute Gasteiger partial charge is 0.467 e. The first-order valence-electron chi connectivity index (χ1n) is 7.55. The fourth-order valence-electron chi connectivity index (χ4n) is 2.36. The van der Waals surface area contributed by atoms with Crippen molar-refractivity contribution in [2.45, 2.75) is 36.3 Å². The fourth-order valence-corrected chi connectivity index (χ4v) is 3.50. The maximum Gasteiger partial charge on any atom is 0.328 e. The highest BCUT2D eigenvalue weighted by Gasteiger charge is 2.29. The third-order valence-corrected chi connectivity index (χ3v) is 5.03. The molecule has 1 amide bonds. The van der Waals surface area contributed by atoms with Crippen LogP contribution in [0.1, 0.15) is 19.3 Å². The number of esters is 1. The normalized spacial score (nSPS) is 19.8. The number of hydrogen-bond acceptors (Lipinski definition) is 5. The van der Waals surface area contributed by atoms with E-state index in [4.69, 9.17) is 9.47 Å². The van der Waals surface area contributed by atoms with Crippen LogP contribution in [0.3, 0.4) is 0 Å². The van der Waals surface area contributed by atoms with Crippen LogP contribution >= 0.6 is 0 Å². The molecule has 1 aliphatic heterocycles. The number of benzene rings is 1. The van der Waals surface area contributed by atoms with Crippen LogP contribution in [-0.2, 0) is 29.9 Å². The monoisotopic (exact) mass is 339 g/mol. The van der Waals surface area contributed by atoms with Crippen LogP contribution in [0.4, 0.5) is 0 Å². The van der Waals surface area contributed by atoms with E-state index in [0.29, 0.717) is 17.9 Å². The molecule has 126 valence electrons. The molecule has 7 heteroatoms. The quantitative estimate of drug-likeness (QED) is 0.750. The van der Waals surface area contributed by atoms with Crippen molar-refractivity contribution in [3.05, 3.63) is 30.3 Å². The molecule has 0 radical (unpaired) electrons. The first-order valence-corrected chi connectivity index (χ1v) is 8.87. The molecule has 0 spiro atoms. The summed E-state index contributed by atoms with van der Waals surface area (Å²) in [6, 6.07) is 8.20. The number of nitrogens with one attached hydrogen (secondary N) is 1. The van der Waals surface area contributed by atoms with Crippen molar-refractivity contribution in [2.24, 2.45) is 0 Å². The molecule has 1 N–H and O–H groups in total. The van der Waals surface area contributed by atoms with Crippen LogP contribution < -0.4 is 5.32 Å². The molecular weight excluding hydrogens is 318 g/mol. The average molecular weight is 339 g/mol. The number of carbonyl (C=O) groups is 2. The van der Waals surface area contributed by atoms with Gasteiger partial charge in [-0.15, -0.1) is 0 Å². The van der Waals surface area contributed by atoms with Crippen molar-refractivity contribution in [1.82, 2.24) is 5.32 Å². The number of methoxy groups -OCH3 is 1. The molecule has 3 atom stereocenters. The topological polar surface area (TPSA) is 81.7 Å². The summed E-state index contributed by atoms with van der Waals surface area (Å²) in [5, 5.41) is 2.64. The van der Waals surface area contributed by atoms with Crippen LogP contribution in [0.2, 0.25) is 0 Å². The Balaban J connectivity index is 1.91. The minimum atomic E-state index is -1.23. The second-order valence-electron chi connectivity index (χ2n) is 5.24. The highest BCUT2D eigenvalue weighted by molar-refractivity contribution is 7.85. The Bertz CT molecular complexity index is 557. The van der Waals surface area contributed by atoms with E-state index in [0.717, 1.165) is 6.42 Å². The summed E-state index contributed by atoms with van der Waals surface area (Å²) in [6.45, 7) is 0.555. The number of ether oxygens (including phenoxy) is 2. The number of hydrogen-bond donors (Lipinski definition) is 1. The van der Waals surface area contributed by atoms with Gasteiger partial charge in [-0.3, -0.25) is 9.00 Å². The maximum atomic E-state index is 12.2. The molecule has 0 aromatic heterocycles. The van der Waals surface area contributed by atoms with Gasteiger partial charge in [-0.1, -0.05) is 18.2 Å². The van der Waals surface area contributed by atoms with Gasteiger partial charge in [0.15, 0.2) is 0 Å². The Kier molecular flexibility index (Phi) is 6.73. The average Bonchev–Trinajstić information content (AvgIpc) is 3.13. The van der Waals surface area contributed by atoms with E-state index < -0.39 is 28.9 Å². The molecule has 0 saturated carbocycles. The van der Waals surface area contributed by atoms with Crippen LogP contribution in [0.15, 0.2) is 35.2 Å². The Morgan fingerprint density at radius 3 is 2.74 bits per heavy atom. The zero-order valence-electron chi connectivity index (χ0n) is 13.0. The van der Waals surface area contributed by atoms with E-state index in [9.17, 15) is 13.8 Å². The number of rotatable bonds is 7. The summed E-state index contributed by atoms with van der Waals surface area (Å²) in [6.07, 6.45) is 1.21. The minimum Gasteiger partial charge on any atom is -0.467 e. The first-order chi connectivity index (χ1) is 11.1. The Labute approximate surface area is 138 Å². The van der Waals surface area contributed by atoms with Gasteiger partial charge in [0.2, 0.25) is 5.91 Å². The number of carbonyl (C=O) groups excluding carboxylic acids is 2. The molecule has 2 rings (SSSR count). The summed E-state index contributed by atoms with van der Waals surface area (Å²) in [4.78, 5) is 24.6. The summed E-state index contributed by atoms with van der Waals surface area (Å²) < 4.78 is 22.2. The molecule has 1 aliphatic rings. The van der Waals surface area contributed by atoms with Gasteiger partial charge in [-0.2, -0.15) is 0 Å². The van der Waals surface area contributed by atoms with Crippen molar-refractivity contribution < 1.29 is 23.3 Å². The maximum absolute atomic E-state index is 12.2. The standard InChI is InChI=1S/C16H21NO5S/c1-21-16(19)13(17-15(18)14-8-5-10-22-14)9-11-23(20)12-6-3-2-4-7-12/h2-4,6-7,13-14H,5,8-11H2,1H3,(H,17,18)/t13-,14-,23-/m1/s1. The zero-order chi connectivity index (χ0) is 16.7. The lowest BCUT2D eigenvalue weighted by atomic mass is 10.2. The second-order valence-corrected chi connectivity index (χ2v) is 6.81. The van der Waals surface area contributed by atoms with Gasteiger partial charge in [0.25, 0.3) is 0 Å². The van der Waals surface area contributed by atoms with E-state index in [2.05, 4.69) is 5.32 Å². The molecule has 0 aliphatic carbocycles. The SMILES string of the molecule is COC(=O)[C@@H](CC[S@@](=O)c1ccccc1)NC(=O)[C@H]1CCCO1. The van der Waals surface area contributed by atoms with E-state index in [1.165, 1.54) is 7.11 Å². The highest BCUT2D eigenvalue weighted by Crippen LogP contribution is 2.13. The molecule has 0 bridgehead atoms. The van der Waals surface area contributed by atoms with Crippen molar-refractivity contribution in [3.8, 4) is 0 Å². The fraction of sp³-hybridized carbons (Fsp3) is 0.500. The lowest BCUT2D eigenvalue weighted by Crippen LogP contribution is -2.46. The highest BCUT2D eigenvalue weighted by atomic mass is 32.2. The van der Waals surface area contributed by atoms with Gasteiger partial charge in [-0.25, -0.2) is 4.79 Å². The smallest absolute Gasteiger partial charge is 0.328 e. The van der Waals surface area contributed by atoms with Crippen molar-refractivity contribution in [3.63, 3.8) is 0 Å². The van der Waals surface area contributed by atoms with Gasteiger partial charge >= 0.3 is 5.97 Å².